The molecule has 4 amide bonds. The number of amides is 4. The Balaban J connectivity index is 1.45. The Kier molecular flexibility index (Phi) is 5.91. The fourth-order valence-corrected chi connectivity index (χ4v) is 4.80. The van der Waals surface area contributed by atoms with Gasteiger partial charge in [-0.15, -0.1) is 10.2 Å². The lowest BCUT2D eigenvalue weighted by Crippen LogP contribution is -2.48. The van der Waals surface area contributed by atoms with E-state index in [-0.39, 0.29) is 18.1 Å². The normalized spacial score (nSPS) is 22.9. The molecule has 2 aliphatic heterocycles. The summed E-state index contributed by atoms with van der Waals surface area (Å²) in [5.74, 6) is 1.68. The summed E-state index contributed by atoms with van der Waals surface area (Å²) in [5.41, 5.74) is 0. The van der Waals surface area contributed by atoms with Crippen LogP contribution in [0.25, 0.3) is 0 Å². The summed E-state index contributed by atoms with van der Waals surface area (Å²) in [5, 5.41) is 12.0. The largest absolute Gasteiger partial charge is 0.335 e. The molecule has 1 saturated heterocycles. The molecule has 1 aromatic heterocycles. The number of rotatable bonds is 2. The Morgan fingerprint density at radius 2 is 1.72 bits per heavy atom. The zero-order valence-corrected chi connectivity index (χ0v) is 17.6. The smallest absolute Gasteiger partial charge is 0.320 e. The zero-order chi connectivity index (χ0) is 20.4. The van der Waals surface area contributed by atoms with E-state index in [0.717, 1.165) is 50.3 Å². The van der Waals surface area contributed by atoms with E-state index in [1.165, 1.54) is 19.3 Å². The molecule has 1 saturated carbocycles. The maximum atomic E-state index is 12.7. The lowest BCUT2D eigenvalue weighted by Gasteiger charge is -2.37. The minimum atomic E-state index is -0.0393. The van der Waals surface area contributed by atoms with Crippen LogP contribution in [0.5, 0.6) is 0 Å². The number of nitrogens with zero attached hydrogens (tertiary/aromatic N) is 6. The molecule has 1 aromatic rings. The number of hydrogen-bond acceptors (Lipinski definition) is 4. The first-order valence-electron chi connectivity index (χ1n) is 11.0. The van der Waals surface area contributed by atoms with Crippen molar-refractivity contribution in [1.29, 1.82) is 0 Å². The molecule has 29 heavy (non-hydrogen) atoms. The van der Waals surface area contributed by atoms with Gasteiger partial charge in [0.15, 0.2) is 11.6 Å². The Labute approximate surface area is 172 Å². The van der Waals surface area contributed by atoms with Gasteiger partial charge in [0.05, 0.1) is 12.6 Å². The second-order valence-electron chi connectivity index (χ2n) is 8.71. The molecule has 3 aliphatic rings. The van der Waals surface area contributed by atoms with Gasteiger partial charge in [-0.2, -0.15) is 0 Å². The molecular formula is C20H33N7O2. The van der Waals surface area contributed by atoms with Crippen molar-refractivity contribution in [2.24, 2.45) is 0 Å². The third kappa shape index (κ3) is 4.18. The number of nitrogens with one attached hydrogen (secondary N) is 1. The van der Waals surface area contributed by atoms with Crippen molar-refractivity contribution in [2.45, 2.75) is 76.5 Å². The minimum absolute atomic E-state index is 0.00905. The quantitative estimate of drug-likeness (QED) is 0.821. The summed E-state index contributed by atoms with van der Waals surface area (Å²) in [6.07, 6.45) is 8.85. The highest BCUT2D eigenvalue weighted by molar-refractivity contribution is 5.75. The minimum Gasteiger partial charge on any atom is -0.335 e. The van der Waals surface area contributed by atoms with Crippen LogP contribution in [0.4, 0.5) is 9.59 Å². The highest BCUT2D eigenvalue weighted by Gasteiger charge is 2.35. The maximum Gasteiger partial charge on any atom is 0.320 e. The van der Waals surface area contributed by atoms with Gasteiger partial charge < -0.3 is 24.6 Å². The summed E-state index contributed by atoms with van der Waals surface area (Å²) in [4.78, 5) is 30.7. The first-order chi connectivity index (χ1) is 14.0. The number of likely N-dealkylation sites (tertiary alicyclic amines) is 1. The van der Waals surface area contributed by atoms with Gasteiger partial charge in [0, 0.05) is 39.8 Å². The summed E-state index contributed by atoms with van der Waals surface area (Å²) in [6, 6.07) is 0.299. The molecule has 160 valence electrons. The van der Waals surface area contributed by atoms with Crippen molar-refractivity contribution in [3.8, 4) is 0 Å². The Hall–Kier alpha value is -2.32. The molecule has 9 heteroatoms. The van der Waals surface area contributed by atoms with Gasteiger partial charge in [0.1, 0.15) is 0 Å². The van der Waals surface area contributed by atoms with Crippen molar-refractivity contribution in [1.82, 2.24) is 34.8 Å². The molecule has 1 unspecified atom stereocenters. The second kappa shape index (κ2) is 8.59. The molecule has 2 fully saturated rings. The fourth-order valence-electron chi connectivity index (χ4n) is 4.80. The van der Waals surface area contributed by atoms with Crippen LogP contribution in [0.2, 0.25) is 0 Å². The van der Waals surface area contributed by atoms with Crippen molar-refractivity contribution in [3.05, 3.63) is 11.6 Å². The second-order valence-corrected chi connectivity index (χ2v) is 8.71. The number of aromatic nitrogens is 3. The van der Waals surface area contributed by atoms with Crippen LogP contribution in [-0.2, 0) is 13.1 Å². The van der Waals surface area contributed by atoms with Gasteiger partial charge >= 0.3 is 12.1 Å². The number of carbonyl (C=O) groups excluding carboxylic acids is 2. The van der Waals surface area contributed by atoms with E-state index < -0.39 is 0 Å². The SMILES string of the molecule is CN(C)C(=O)N1CCCCC1c1nnc2n1CCN(C(=O)NC1CCCCC1)C2. The van der Waals surface area contributed by atoms with Crippen LogP contribution in [0.1, 0.15) is 69.1 Å². The molecule has 0 spiro atoms. The monoisotopic (exact) mass is 403 g/mol. The lowest BCUT2D eigenvalue weighted by molar-refractivity contribution is 0.122. The molecular weight excluding hydrogens is 370 g/mol. The molecule has 0 bridgehead atoms. The first kappa shape index (κ1) is 20.0. The molecule has 3 heterocycles. The van der Waals surface area contributed by atoms with E-state index in [0.29, 0.717) is 25.7 Å². The van der Waals surface area contributed by atoms with Crippen molar-refractivity contribution in [2.75, 3.05) is 27.2 Å². The highest BCUT2D eigenvalue weighted by atomic mass is 16.2. The predicted molar refractivity (Wildman–Crippen MR) is 108 cm³/mol. The number of urea groups is 2. The van der Waals surface area contributed by atoms with E-state index in [1.807, 2.05) is 9.80 Å². The zero-order valence-electron chi connectivity index (χ0n) is 17.6. The van der Waals surface area contributed by atoms with Crippen LogP contribution < -0.4 is 5.32 Å². The van der Waals surface area contributed by atoms with Gasteiger partial charge in [-0.3, -0.25) is 0 Å². The van der Waals surface area contributed by atoms with Crippen molar-refractivity contribution in [3.63, 3.8) is 0 Å². The topological polar surface area (TPSA) is 86.6 Å². The van der Waals surface area contributed by atoms with Gasteiger partial charge in [0.25, 0.3) is 0 Å². The van der Waals surface area contributed by atoms with Crippen LogP contribution >= 0.6 is 0 Å². The number of piperidine rings is 1. The van der Waals surface area contributed by atoms with E-state index in [1.54, 1.807) is 19.0 Å². The van der Waals surface area contributed by atoms with Crippen molar-refractivity contribution >= 4 is 12.1 Å². The fraction of sp³-hybridized carbons (Fsp3) is 0.800. The van der Waals surface area contributed by atoms with Crippen LogP contribution in [-0.4, -0.2) is 74.8 Å². The van der Waals surface area contributed by atoms with E-state index in [9.17, 15) is 9.59 Å². The van der Waals surface area contributed by atoms with Crippen LogP contribution in [0.15, 0.2) is 0 Å². The number of carbonyl (C=O) groups is 2. The van der Waals surface area contributed by atoms with Crippen LogP contribution in [0.3, 0.4) is 0 Å². The lowest BCUT2D eigenvalue weighted by atomic mass is 9.96. The van der Waals surface area contributed by atoms with E-state index >= 15 is 0 Å². The Bertz CT molecular complexity index is 741. The predicted octanol–water partition coefficient (Wildman–Crippen LogP) is 2.34. The summed E-state index contributed by atoms with van der Waals surface area (Å²) >= 11 is 0. The molecule has 4 rings (SSSR count). The van der Waals surface area contributed by atoms with Crippen LogP contribution in [0, 0.1) is 0 Å². The van der Waals surface area contributed by atoms with Gasteiger partial charge in [-0.1, -0.05) is 19.3 Å². The average Bonchev–Trinajstić information content (AvgIpc) is 3.17. The highest BCUT2D eigenvalue weighted by Crippen LogP contribution is 2.31. The van der Waals surface area contributed by atoms with Gasteiger partial charge in [0.2, 0.25) is 0 Å². The third-order valence-electron chi connectivity index (χ3n) is 6.43. The van der Waals surface area contributed by atoms with Gasteiger partial charge in [-0.25, -0.2) is 9.59 Å². The third-order valence-corrected chi connectivity index (χ3v) is 6.43. The Morgan fingerprint density at radius 1 is 0.966 bits per heavy atom. The average molecular weight is 404 g/mol. The molecule has 0 aromatic carbocycles. The molecule has 1 atom stereocenters. The van der Waals surface area contributed by atoms with Crippen molar-refractivity contribution < 1.29 is 9.59 Å². The maximum absolute atomic E-state index is 12.7. The summed E-state index contributed by atoms with van der Waals surface area (Å²) < 4.78 is 2.12. The van der Waals surface area contributed by atoms with E-state index in [2.05, 4.69) is 20.1 Å². The molecule has 9 nitrogen and oxygen atoms in total. The number of fused-ring (bicyclic) bond motifs is 1. The molecule has 0 radical (unpaired) electrons. The molecule has 1 N–H and O–H groups in total. The molecule has 1 aliphatic carbocycles. The van der Waals surface area contributed by atoms with Gasteiger partial charge in [-0.05, 0) is 32.1 Å². The van der Waals surface area contributed by atoms with E-state index in [4.69, 9.17) is 0 Å². The summed E-state index contributed by atoms with van der Waals surface area (Å²) in [6.45, 7) is 2.54. The first-order valence-corrected chi connectivity index (χ1v) is 11.0. The standard InChI is InChI=1S/C20H33N7O2/c1-24(2)20(29)26-11-7-6-10-16(26)18-23-22-17-14-25(12-13-27(17)18)19(28)21-15-8-4-3-5-9-15/h15-16H,3-14H2,1-2H3,(H,21,28). The summed E-state index contributed by atoms with van der Waals surface area (Å²) in [7, 11) is 3.58. The Morgan fingerprint density at radius 3 is 2.48 bits per heavy atom. The number of hydrogen-bond donors (Lipinski definition) is 1.